The first-order valence-electron chi connectivity index (χ1n) is 7.42. The molecule has 5 nitrogen and oxygen atoms in total. The third kappa shape index (κ3) is 5.10. The van der Waals surface area contributed by atoms with E-state index in [9.17, 15) is 9.59 Å². The van der Waals surface area contributed by atoms with Crippen molar-refractivity contribution in [2.45, 2.75) is 34.2 Å². The van der Waals surface area contributed by atoms with Gasteiger partial charge in [-0.05, 0) is 53.6 Å². The first-order chi connectivity index (χ1) is 10.4. The first kappa shape index (κ1) is 18.6. The molecule has 0 bridgehead atoms. The number of carbonyl (C=O) groups is 2. The first-order valence-corrected chi connectivity index (χ1v) is 8.21. The summed E-state index contributed by atoms with van der Waals surface area (Å²) in [5, 5.41) is 2.83. The van der Waals surface area contributed by atoms with Crippen LogP contribution in [0.1, 0.15) is 43.6 Å². The van der Waals surface area contributed by atoms with E-state index in [4.69, 9.17) is 4.74 Å². The van der Waals surface area contributed by atoms with E-state index in [1.54, 1.807) is 19.1 Å². The molecular formula is C16H23BrN2O3. The zero-order valence-electron chi connectivity index (χ0n) is 13.5. The highest BCUT2D eigenvalue weighted by Gasteiger charge is 2.16. The lowest BCUT2D eigenvalue weighted by Crippen LogP contribution is -2.23. The third-order valence-electron chi connectivity index (χ3n) is 3.27. The van der Waals surface area contributed by atoms with Gasteiger partial charge in [0.15, 0.2) is 0 Å². The molecule has 1 rings (SSSR count). The van der Waals surface area contributed by atoms with E-state index in [1.807, 2.05) is 0 Å². The monoisotopic (exact) mass is 370 g/mol. The average molecular weight is 371 g/mol. The lowest BCUT2D eigenvalue weighted by molar-refractivity contribution is -0.114. The van der Waals surface area contributed by atoms with Gasteiger partial charge in [-0.25, -0.2) is 4.79 Å². The van der Waals surface area contributed by atoms with Crippen LogP contribution in [0.15, 0.2) is 16.6 Å². The lowest BCUT2D eigenvalue weighted by atomic mass is 10.1. The van der Waals surface area contributed by atoms with E-state index in [1.165, 1.54) is 6.92 Å². The summed E-state index contributed by atoms with van der Waals surface area (Å²) in [4.78, 5) is 25.6. The normalized spacial score (nSPS) is 10.6. The van der Waals surface area contributed by atoms with Crippen molar-refractivity contribution in [2.75, 3.05) is 25.0 Å². The average Bonchev–Trinajstić information content (AvgIpc) is 2.47. The van der Waals surface area contributed by atoms with Crippen LogP contribution >= 0.6 is 15.9 Å². The molecule has 1 aromatic rings. The second-order valence-electron chi connectivity index (χ2n) is 4.86. The standard InChI is InChI=1S/C16H23BrN2O3/c1-5-19(6-2)10-13-8-12(16(21)22-7-3)9-14(17)15(13)18-11(4)20/h8-9H,5-7,10H2,1-4H3,(H,18,20). The molecule has 0 radical (unpaired) electrons. The van der Waals surface area contributed by atoms with Crippen LogP contribution in [0.2, 0.25) is 0 Å². The molecule has 0 heterocycles. The number of esters is 1. The molecule has 0 fully saturated rings. The summed E-state index contributed by atoms with van der Waals surface area (Å²) >= 11 is 3.44. The fourth-order valence-corrected chi connectivity index (χ4v) is 2.73. The molecule has 22 heavy (non-hydrogen) atoms. The highest BCUT2D eigenvalue weighted by Crippen LogP contribution is 2.30. The zero-order chi connectivity index (χ0) is 16.7. The maximum atomic E-state index is 12.0. The molecule has 0 aliphatic rings. The second kappa shape index (κ2) is 8.90. The third-order valence-corrected chi connectivity index (χ3v) is 3.90. The van der Waals surface area contributed by atoms with Crippen LogP contribution in [-0.2, 0) is 16.1 Å². The number of ether oxygens (including phenoxy) is 1. The number of rotatable bonds is 7. The van der Waals surface area contributed by atoms with Gasteiger partial charge in [-0.2, -0.15) is 0 Å². The van der Waals surface area contributed by atoms with Crippen LogP contribution in [-0.4, -0.2) is 36.5 Å². The Hall–Kier alpha value is -1.40. The fourth-order valence-electron chi connectivity index (χ4n) is 2.12. The van der Waals surface area contributed by atoms with Gasteiger partial charge in [0.2, 0.25) is 5.91 Å². The minimum atomic E-state index is -0.363. The summed E-state index contributed by atoms with van der Waals surface area (Å²) < 4.78 is 5.73. The van der Waals surface area contributed by atoms with Gasteiger partial charge in [0.05, 0.1) is 17.9 Å². The van der Waals surface area contributed by atoms with Crippen LogP contribution in [0.25, 0.3) is 0 Å². The van der Waals surface area contributed by atoms with Crippen molar-refractivity contribution in [1.29, 1.82) is 0 Å². The molecular weight excluding hydrogens is 348 g/mol. The van der Waals surface area contributed by atoms with Gasteiger partial charge in [-0.15, -0.1) is 0 Å². The lowest BCUT2D eigenvalue weighted by Gasteiger charge is -2.21. The maximum absolute atomic E-state index is 12.0. The SMILES string of the molecule is CCOC(=O)c1cc(Br)c(NC(C)=O)c(CN(CC)CC)c1. The van der Waals surface area contributed by atoms with Gasteiger partial charge in [0.1, 0.15) is 0 Å². The van der Waals surface area contributed by atoms with Gasteiger partial charge >= 0.3 is 5.97 Å². The number of benzene rings is 1. The molecule has 0 aliphatic heterocycles. The zero-order valence-corrected chi connectivity index (χ0v) is 15.1. The van der Waals surface area contributed by atoms with E-state index in [-0.39, 0.29) is 11.9 Å². The number of carbonyl (C=O) groups excluding carboxylic acids is 2. The van der Waals surface area contributed by atoms with Crippen LogP contribution < -0.4 is 5.32 Å². The summed E-state index contributed by atoms with van der Waals surface area (Å²) in [6, 6.07) is 3.46. The highest BCUT2D eigenvalue weighted by molar-refractivity contribution is 9.10. The van der Waals surface area contributed by atoms with Gasteiger partial charge in [-0.1, -0.05) is 13.8 Å². The fraction of sp³-hybridized carbons (Fsp3) is 0.500. The number of hydrogen-bond donors (Lipinski definition) is 1. The predicted octanol–water partition coefficient (Wildman–Crippen LogP) is 3.43. The number of amides is 1. The Morgan fingerprint density at radius 2 is 1.86 bits per heavy atom. The minimum Gasteiger partial charge on any atom is -0.462 e. The number of nitrogens with one attached hydrogen (secondary N) is 1. The summed E-state index contributed by atoms with van der Waals surface area (Å²) in [7, 11) is 0. The van der Waals surface area contributed by atoms with E-state index in [0.29, 0.717) is 28.9 Å². The second-order valence-corrected chi connectivity index (χ2v) is 5.71. The van der Waals surface area contributed by atoms with Crippen molar-refractivity contribution >= 4 is 33.5 Å². The smallest absolute Gasteiger partial charge is 0.338 e. The van der Waals surface area contributed by atoms with Crippen molar-refractivity contribution in [3.63, 3.8) is 0 Å². The maximum Gasteiger partial charge on any atom is 0.338 e. The molecule has 0 saturated carbocycles. The highest BCUT2D eigenvalue weighted by atomic mass is 79.9. The Bertz CT molecular complexity index is 542. The van der Waals surface area contributed by atoms with Crippen molar-refractivity contribution in [3.05, 3.63) is 27.7 Å². The number of anilines is 1. The molecule has 0 saturated heterocycles. The molecule has 1 N–H and O–H groups in total. The molecule has 1 amide bonds. The summed E-state index contributed by atoms with van der Waals surface area (Å²) in [6.45, 7) is 10.1. The van der Waals surface area contributed by atoms with Crippen molar-refractivity contribution in [1.82, 2.24) is 4.90 Å². The van der Waals surface area contributed by atoms with E-state index in [0.717, 1.165) is 18.7 Å². The van der Waals surface area contributed by atoms with Crippen LogP contribution in [0, 0.1) is 0 Å². The molecule has 0 aliphatic carbocycles. The van der Waals surface area contributed by atoms with Crippen molar-refractivity contribution < 1.29 is 14.3 Å². The Balaban J connectivity index is 3.25. The van der Waals surface area contributed by atoms with E-state index in [2.05, 4.69) is 40.0 Å². The predicted molar refractivity (Wildman–Crippen MR) is 91.0 cm³/mol. The Kier molecular flexibility index (Phi) is 7.55. The molecule has 6 heteroatoms. The Morgan fingerprint density at radius 3 is 2.36 bits per heavy atom. The van der Waals surface area contributed by atoms with Crippen molar-refractivity contribution in [2.24, 2.45) is 0 Å². The number of halogens is 1. The van der Waals surface area contributed by atoms with E-state index >= 15 is 0 Å². The Labute approximate surface area is 140 Å². The largest absolute Gasteiger partial charge is 0.462 e. The minimum absolute atomic E-state index is 0.148. The molecule has 0 spiro atoms. The Morgan fingerprint density at radius 1 is 1.23 bits per heavy atom. The number of nitrogens with zero attached hydrogens (tertiary/aromatic N) is 1. The molecule has 0 atom stereocenters. The molecule has 0 aromatic heterocycles. The quantitative estimate of drug-likeness (QED) is 0.747. The van der Waals surface area contributed by atoms with Crippen LogP contribution in [0.5, 0.6) is 0 Å². The molecule has 0 unspecified atom stereocenters. The van der Waals surface area contributed by atoms with Gasteiger partial charge < -0.3 is 10.1 Å². The number of hydrogen-bond acceptors (Lipinski definition) is 4. The summed E-state index contributed by atoms with van der Waals surface area (Å²) in [5.41, 5.74) is 2.06. The van der Waals surface area contributed by atoms with Gasteiger partial charge in [0, 0.05) is 17.9 Å². The van der Waals surface area contributed by atoms with Crippen molar-refractivity contribution in [3.8, 4) is 0 Å². The van der Waals surface area contributed by atoms with Gasteiger partial charge in [-0.3, -0.25) is 9.69 Å². The summed E-state index contributed by atoms with van der Waals surface area (Å²) in [5.74, 6) is -0.510. The van der Waals surface area contributed by atoms with Crippen LogP contribution in [0.4, 0.5) is 5.69 Å². The van der Waals surface area contributed by atoms with Crippen LogP contribution in [0.3, 0.4) is 0 Å². The summed E-state index contributed by atoms with van der Waals surface area (Å²) in [6.07, 6.45) is 0. The molecule has 122 valence electrons. The van der Waals surface area contributed by atoms with E-state index < -0.39 is 0 Å². The molecule has 1 aromatic carbocycles. The van der Waals surface area contributed by atoms with Gasteiger partial charge in [0.25, 0.3) is 0 Å². The topological polar surface area (TPSA) is 58.6 Å².